The van der Waals surface area contributed by atoms with E-state index in [1.807, 2.05) is 18.7 Å². The van der Waals surface area contributed by atoms with Crippen LogP contribution in [0.25, 0.3) is 0 Å². The molecule has 0 aliphatic carbocycles. The summed E-state index contributed by atoms with van der Waals surface area (Å²) in [5, 5.41) is 19.2. The van der Waals surface area contributed by atoms with Crippen molar-refractivity contribution in [3.63, 3.8) is 0 Å². The number of benzene rings is 2. The Bertz CT molecular complexity index is 1050. The fourth-order valence-corrected chi connectivity index (χ4v) is 4.30. The average Bonchev–Trinajstić information content (AvgIpc) is 2.91. The number of aromatic carboxylic acids is 1. The van der Waals surface area contributed by atoms with Crippen LogP contribution in [-0.2, 0) is 5.41 Å². The van der Waals surface area contributed by atoms with Crippen LogP contribution in [0.1, 0.15) is 29.8 Å². The molecule has 8 nitrogen and oxygen atoms in total. The average molecular weight is 412 g/mol. The van der Waals surface area contributed by atoms with Crippen molar-refractivity contribution in [1.29, 1.82) is 0 Å². The Labute approximate surface area is 174 Å². The van der Waals surface area contributed by atoms with E-state index < -0.39 is 17.1 Å². The molecule has 0 amide bonds. The number of aliphatic hydroxyl groups excluding tert-OH is 1. The number of aliphatic imine (C=N–C) groups is 1. The number of hydrogen-bond acceptors (Lipinski definition) is 7. The van der Waals surface area contributed by atoms with E-state index in [0.29, 0.717) is 22.9 Å². The number of fused-ring (bicyclic) bond motifs is 2. The van der Waals surface area contributed by atoms with Gasteiger partial charge in [0.05, 0.1) is 38.0 Å². The Morgan fingerprint density at radius 1 is 1.20 bits per heavy atom. The summed E-state index contributed by atoms with van der Waals surface area (Å²) in [5.41, 5.74) is 0.592. The fraction of sp³-hybridized carbons (Fsp3) is 0.364. The van der Waals surface area contributed by atoms with Crippen LogP contribution in [-0.4, -0.2) is 55.5 Å². The van der Waals surface area contributed by atoms with Crippen LogP contribution in [0.3, 0.4) is 0 Å². The van der Waals surface area contributed by atoms with Gasteiger partial charge in [0.15, 0.2) is 11.5 Å². The quantitative estimate of drug-likeness (QED) is 0.779. The summed E-state index contributed by atoms with van der Waals surface area (Å²) >= 11 is 0. The molecule has 30 heavy (non-hydrogen) atoms. The van der Waals surface area contributed by atoms with E-state index in [1.165, 1.54) is 0 Å². The maximum atomic E-state index is 11.6. The third kappa shape index (κ3) is 2.64. The number of carboxylic acids is 1. The number of rotatable bonds is 5. The molecule has 1 spiro atoms. The van der Waals surface area contributed by atoms with E-state index >= 15 is 0 Å². The lowest BCUT2D eigenvalue weighted by molar-refractivity contribution is 0.0692. The second-order valence-corrected chi connectivity index (χ2v) is 7.77. The first-order valence-electron chi connectivity index (χ1n) is 9.55. The Balaban J connectivity index is 1.91. The highest BCUT2D eigenvalue weighted by Crippen LogP contribution is 2.55. The van der Waals surface area contributed by atoms with Gasteiger partial charge in [0.25, 0.3) is 0 Å². The second kappa shape index (κ2) is 6.91. The molecule has 4 rings (SSSR count). The van der Waals surface area contributed by atoms with E-state index in [9.17, 15) is 15.0 Å². The molecule has 1 atom stereocenters. The number of aliphatic hydroxyl groups is 1. The van der Waals surface area contributed by atoms with Crippen LogP contribution in [0.2, 0.25) is 0 Å². The summed E-state index contributed by atoms with van der Waals surface area (Å²) in [6, 6.07) is 8.45. The molecule has 2 aromatic rings. The summed E-state index contributed by atoms with van der Waals surface area (Å²) in [4.78, 5) is 18.1. The van der Waals surface area contributed by atoms with E-state index in [-0.39, 0.29) is 18.7 Å². The maximum Gasteiger partial charge on any atom is 0.335 e. The molecule has 2 aliphatic rings. The zero-order valence-corrected chi connectivity index (χ0v) is 17.3. The number of ether oxygens (including phenoxy) is 3. The zero-order chi connectivity index (χ0) is 21.7. The standard InChI is InChI=1S/C22H24N2O6/c1-21(2)15-9-13(20(26)27)5-6-16(15)24(7-8-25)22(21)12-23-19-17(29-4)10-14(28-3)11-18(19)30-22/h5-6,9-12,25H,7-8H2,1-4H3,(H,26,27). The van der Waals surface area contributed by atoms with Crippen molar-refractivity contribution in [1.82, 2.24) is 0 Å². The summed E-state index contributed by atoms with van der Waals surface area (Å²) in [7, 11) is 3.11. The van der Waals surface area contributed by atoms with Gasteiger partial charge in [0.1, 0.15) is 11.4 Å². The van der Waals surface area contributed by atoms with E-state index in [1.54, 1.807) is 50.8 Å². The van der Waals surface area contributed by atoms with Gasteiger partial charge in [-0.15, -0.1) is 0 Å². The van der Waals surface area contributed by atoms with Gasteiger partial charge in [-0.25, -0.2) is 9.79 Å². The number of hydrogen-bond donors (Lipinski definition) is 2. The van der Waals surface area contributed by atoms with Crippen LogP contribution >= 0.6 is 0 Å². The van der Waals surface area contributed by atoms with Crippen molar-refractivity contribution in [3.05, 3.63) is 41.5 Å². The molecule has 0 radical (unpaired) electrons. The van der Waals surface area contributed by atoms with Crippen molar-refractivity contribution in [2.24, 2.45) is 4.99 Å². The van der Waals surface area contributed by atoms with Crippen LogP contribution in [0.5, 0.6) is 17.2 Å². The summed E-state index contributed by atoms with van der Waals surface area (Å²) in [5.74, 6) is 0.566. The van der Waals surface area contributed by atoms with Gasteiger partial charge in [-0.05, 0) is 37.6 Å². The predicted molar refractivity (Wildman–Crippen MR) is 112 cm³/mol. The smallest absolute Gasteiger partial charge is 0.335 e. The largest absolute Gasteiger partial charge is 0.496 e. The minimum absolute atomic E-state index is 0.108. The first kappa shape index (κ1) is 20.0. The van der Waals surface area contributed by atoms with E-state index in [0.717, 1.165) is 11.3 Å². The molecular formula is C22H24N2O6. The summed E-state index contributed by atoms with van der Waals surface area (Å²) in [6.07, 6.45) is 1.71. The molecular weight excluding hydrogens is 388 g/mol. The topological polar surface area (TPSA) is 101 Å². The monoisotopic (exact) mass is 412 g/mol. The van der Waals surface area contributed by atoms with Gasteiger partial charge in [0, 0.05) is 24.4 Å². The van der Waals surface area contributed by atoms with Crippen LogP contribution in [0.4, 0.5) is 11.4 Å². The lowest BCUT2D eigenvalue weighted by Gasteiger charge is -2.46. The van der Waals surface area contributed by atoms with Gasteiger partial charge >= 0.3 is 5.97 Å². The molecule has 0 bridgehead atoms. The highest BCUT2D eigenvalue weighted by atomic mass is 16.5. The van der Waals surface area contributed by atoms with Crippen LogP contribution in [0.15, 0.2) is 35.3 Å². The normalized spacial score (nSPS) is 20.5. The Morgan fingerprint density at radius 2 is 1.97 bits per heavy atom. The van der Waals surface area contributed by atoms with Gasteiger partial charge in [-0.2, -0.15) is 0 Å². The molecule has 0 saturated carbocycles. The molecule has 158 valence electrons. The number of nitrogens with zero attached hydrogens (tertiary/aromatic N) is 2. The Hall–Kier alpha value is -3.26. The molecule has 0 fully saturated rings. The lowest BCUT2D eigenvalue weighted by Crippen LogP contribution is -2.62. The molecule has 8 heteroatoms. The van der Waals surface area contributed by atoms with Gasteiger partial charge in [-0.1, -0.05) is 0 Å². The van der Waals surface area contributed by atoms with Crippen molar-refractivity contribution < 1.29 is 29.2 Å². The number of methoxy groups -OCH3 is 2. The van der Waals surface area contributed by atoms with Crippen molar-refractivity contribution in [2.75, 3.05) is 32.3 Å². The number of carboxylic acid groups (broad SMARTS) is 1. The highest BCUT2D eigenvalue weighted by Gasteiger charge is 2.60. The Morgan fingerprint density at radius 3 is 2.60 bits per heavy atom. The van der Waals surface area contributed by atoms with Crippen molar-refractivity contribution in [3.8, 4) is 17.2 Å². The van der Waals surface area contributed by atoms with Crippen molar-refractivity contribution >= 4 is 23.6 Å². The third-order valence-electron chi connectivity index (χ3n) is 5.93. The predicted octanol–water partition coefficient (Wildman–Crippen LogP) is 2.98. The van der Waals surface area contributed by atoms with Gasteiger partial charge < -0.3 is 29.3 Å². The minimum atomic E-state index is -1.07. The van der Waals surface area contributed by atoms with E-state index in [2.05, 4.69) is 4.99 Å². The summed E-state index contributed by atoms with van der Waals surface area (Å²) in [6.45, 7) is 4.13. The maximum absolute atomic E-state index is 11.6. The van der Waals surface area contributed by atoms with Gasteiger partial charge in [0.2, 0.25) is 5.72 Å². The van der Waals surface area contributed by atoms with Gasteiger partial charge in [-0.3, -0.25) is 0 Å². The molecule has 0 saturated heterocycles. The van der Waals surface area contributed by atoms with E-state index in [4.69, 9.17) is 14.2 Å². The molecule has 2 N–H and O–H groups in total. The fourth-order valence-electron chi connectivity index (χ4n) is 4.30. The molecule has 1 unspecified atom stereocenters. The molecule has 2 aliphatic heterocycles. The number of anilines is 1. The summed E-state index contributed by atoms with van der Waals surface area (Å²) < 4.78 is 17.4. The molecule has 2 heterocycles. The highest BCUT2D eigenvalue weighted by molar-refractivity contribution is 5.93. The number of carbonyl (C=O) groups is 1. The third-order valence-corrected chi connectivity index (χ3v) is 5.93. The minimum Gasteiger partial charge on any atom is -0.496 e. The number of β-amino-alcohol motifs (C(OH)–C–C–N with tert-alkyl or cyclic N) is 1. The lowest BCUT2D eigenvalue weighted by atomic mass is 9.77. The Kier molecular flexibility index (Phi) is 4.62. The SMILES string of the molecule is COc1cc(OC)c2c(c1)OC1(C=N2)N(CCO)c2ccc(C(=O)O)cc2C1(C)C. The first-order valence-corrected chi connectivity index (χ1v) is 9.55. The second-order valence-electron chi connectivity index (χ2n) is 7.77. The first-order chi connectivity index (χ1) is 14.3. The van der Waals surface area contributed by atoms with Crippen LogP contribution < -0.4 is 19.1 Å². The van der Waals surface area contributed by atoms with Crippen molar-refractivity contribution in [2.45, 2.75) is 25.0 Å². The zero-order valence-electron chi connectivity index (χ0n) is 17.3. The van der Waals surface area contributed by atoms with Crippen LogP contribution in [0, 0.1) is 0 Å². The molecule has 0 aromatic heterocycles. The molecule has 2 aromatic carbocycles.